The molecule has 0 aromatic carbocycles. The minimum atomic E-state index is 0.649. The van der Waals surface area contributed by atoms with Crippen LogP contribution in [0.15, 0.2) is 6.08 Å². The molecule has 1 aromatic heterocycles. The number of nitrogens with one attached hydrogen (secondary N) is 1. The van der Waals surface area contributed by atoms with Crippen molar-refractivity contribution in [3.63, 3.8) is 0 Å². The molecule has 108 valence electrons. The van der Waals surface area contributed by atoms with Gasteiger partial charge in [0.25, 0.3) is 0 Å². The first-order valence-corrected chi connectivity index (χ1v) is 7.85. The number of anilines is 2. The average molecular weight is 272 g/mol. The highest BCUT2D eigenvalue weighted by Gasteiger charge is 2.26. The first-order chi connectivity index (χ1) is 9.79. The summed E-state index contributed by atoms with van der Waals surface area (Å²) >= 11 is 0. The quantitative estimate of drug-likeness (QED) is 0.916. The number of aromatic nitrogens is 2. The monoisotopic (exact) mass is 272 g/mol. The first kappa shape index (κ1) is 13.4. The molecule has 2 aliphatic rings. The molecule has 0 spiro atoms. The summed E-state index contributed by atoms with van der Waals surface area (Å²) in [4.78, 5) is 11.8. The van der Waals surface area contributed by atoms with Crippen LogP contribution in [-0.2, 0) is 0 Å². The van der Waals surface area contributed by atoms with Crippen molar-refractivity contribution in [2.75, 3.05) is 23.3 Å². The highest BCUT2D eigenvalue weighted by Crippen LogP contribution is 2.33. The first-order valence-electron chi connectivity index (χ1n) is 7.85. The zero-order valence-electron chi connectivity index (χ0n) is 12.5. The normalized spacial score (nSPS) is 19.0. The number of nitrogens with zero attached hydrogens (tertiary/aromatic N) is 3. The Morgan fingerprint density at radius 3 is 2.80 bits per heavy atom. The van der Waals surface area contributed by atoms with Crippen molar-refractivity contribution in [3.05, 3.63) is 17.3 Å². The van der Waals surface area contributed by atoms with Gasteiger partial charge in [0, 0.05) is 24.7 Å². The Balaban J connectivity index is 1.95. The fourth-order valence-electron chi connectivity index (χ4n) is 3.30. The van der Waals surface area contributed by atoms with E-state index in [-0.39, 0.29) is 0 Å². The van der Waals surface area contributed by atoms with Crippen LogP contribution >= 0.6 is 0 Å². The van der Waals surface area contributed by atoms with Gasteiger partial charge in [-0.2, -0.15) is 4.98 Å². The van der Waals surface area contributed by atoms with Crippen molar-refractivity contribution in [2.24, 2.45) is 0 Å². The molecule has 4 nitrogen and oxygen atoms in total. The van der Waals surface area contributed by atoms with Crippen LogP contribution in [0.4, 0.5) is 11.8 Å². The molecule has 20 heavy (non-hydrogen) atoms. The van der Waals surface area contributed by atoms with Crippen LogP contribution in [-0.4, -0.2) is 29.1 Å². The van der Waals surface area contributed by atoms with E-state index in [1.165, 1.54) is 37.7 Å². The molecule has 0 radical (unpaired) electrons. The standard InChI is InChI=1S/C16H24N4/c1-3-17-16-18-12(2)14-10-7-11-20(15(14)19-16)13-8-5-4-6-9-13/h7,10,13H,3-6,8-9,11H2,1-2H3,(H,17,18,19). The van der Waals surface area contributed by atoms with Gasteiger partial charge in [-0.25, -0.2) is 4.98 Å². The third-order valence-electron chi connectivity index (χ3n) is 4.33. The molecule has 1 fully saturated rings. The Morgan fingerprint density at radius 2 is 2.05 bits per heavy atom. The van der Waals surface area contributed by atoms with E-state index in [0.29, 0.717) is 6.04 Å². The second-order valence-electron chi connectivity index (χ2n) is 5.75. The van der Waals surface area contributed by atoms with Crippen molar-refractivity contribution < 1.29 is 0 Å². The van der Waals surface area contributed by atoms with E-state index in [2.05, 4.69) is 41.2 Å². The summed E-state index contributed by atoms with van der Waals surface area (Å²) in [6.07, 6.45) is 11.1. The summed E-state index contributed by atoms with van der Waals surface area (Å²) in [7, 11) is 0. The number of fused-ring (bicyclic) bond motifs is 1. The van der Waals surface area contributed by atoms with Crippen LogP contribution in [0.5, 0.6) is 0 Å². The molecule has 0 unspecified atom stereocenters. The van der Waals surface area contributed by atoms with Gasteiger partial charge in [0.05, 0.1) is 5.69 Å². The van der Waals surface area contributed by atoms with Crippen LogP contribution in [0.25, 0.3) is 6.08 Å². The summed E-state index contributed by atoms with van der Waals surface area (Å²) in [6, 6.07) is 0.649. The lowest BCUT2D eigenvalue weighted by Gasteiger charge is -2.37. The van der Waals surface area contributed by atoms with Gasteiger partial charge in [-0.3, -0.25) is 0 Å². The lowest BCUT2D eigenvalue weighted by molar-refractivity contribution is 0.419. The van der Waals surface area contributed by atoms with E-state index < -0.39 is 0 Å². The minimum absolute atomic E-state index is 0.649. The molecule has 0 saturated heterocycles. The molecular formula is C16H24N4. The molecule has 1 aromatic rings. The molecule has 1 saturated carbocycles. The number of rotatable bonds is 3. The number of aryl methyl sites for hydroxylation is 1. The van der Waals surface area contributed by atoms with E-state index in [1.54, 1.807) is 0 Å². The van der Waals surface area contributed by atoms with Gasteiger partial charge >= 0.3 is 0 Å². The van der Waals surface area contributed by atoms with Crippen molar-refractivity contribution in [3.8, 4) is 0 Å². The van der Waals surface area contributed by atoms with Crippen LogP contribution in [0, 0.1) is 6.92 Å². The summed E-state index contributed by atoms with van der Waals surface area (Å²) in [5.74, 6) is 1.89. The van der Waals surface area contributed by atoms with Gasteiger partial charge < -0.3 is 10.2 Å². The Bertz CT molecular complexity index is 503. The van der Waals surface area contributed by atoms with E-state index >= 15 is 0 Å². The predicted molar refractivity (Wildman–Crippen MR) is 84.2 cm³/mol. The van der Waals surface area contributed by atoms with Gasteiger partial charge in [0.1, 0.15) is 5.82 Å². The molecule has 4 heteroatoms. The third-order valence-corrected chi connectivity index (χ3v) is 4.33. The molecule has 0 atom stereocenters. The predicted octanol–water partition coefficient (Wildman–Crippen LogP) is 3.38. The fourth-order valence-corrected chi connectivity index (χ4v) is 3.30. The topological polar surface area (TPSA) is 41.1 Å². The zero-order valence-corrected chi connectivity index (χ0v) is 12.5. The van der Waals surface area contributed by atoms with E-state index in [0.717, 1.165) is 30.5 Å². The Kier molecular flexibility index (Phi) is 3.90. The van der Waals surface area contributed by atoms with Crippen molar-refractivity contribution >= 4 is 17.8 Å². The van der Waals surface area contributed by atoms with Crippen molar-refractivity contribution in [1.29, 1.82) is 0 Å². The number of hydrogen-bond donors (Lipinski definition) is 1. The minimum Gasteiger partial charge on any atom is -0.354 e. The van der Waals surface area contributed by atoms with Crippen molar-refractivity contribution in [2.45, 2.75) is 52.0 Å². The van der Waals surface area contributed by atoms with Crippen LogP contribution < -0.4 is 10.2 Å². The molecule has 0 amide bonds. The van der Waals surface area contributed by atoms with Crippen LogP contribution in [0.3, 0.4) is 0 Å². The maximum Gasteiger partial charge on any atom is 0.224 e. The number of hydrogen-bond acceptors (Lipinski definition) is 4. The summed E-state index contributed by atoms with van der Waals surface area (Å²) in [5, 5.41) is 3.25. The second kappa shape index (κ2) is 5.81. The van der Waals surface area contributed by atoms with Crippen LogP contribution in [0.2, 0.25) is 0 Å². The lowest BCUT2D eigenvalue weighted by atomic mass is 9.93. The molecule has 2 heterocycles. The highest BCUT2D eigenvalue weighted by molar-refractivity contribution is 5.71. The average Bonchev–Trinajstić information content (AvgIpc) is 2.48. The molecule has 3 rings (SSSR count). The molecular weight excluding hydrogens is 248 g/mol. The van der Waals surface area contributed by atoms with E-state index in [9.17, 15) is 0 Å². The lowest BCUT2D eigenvalue weighted by Crippen LogP contribution is -2.39. The molecule has 1 aliphatic heterocycles. The van der Waals surface area contributed by atoms with Gasteiger partial charge in [0.15, 0.2) is 0 Å². The van der Waals surface area contributed by atoms with Gasteiger partial charge in [-0.15, -0.1) is 0 Å². The Hall–Kier alpha value is -1.58. The summed E-state index contributed by atoms with van der Waals surface area (Å²) in [6.45, 7) is 6.00. The van der Waals surface area contributed by atoms with Gasteiger partial charge in [-0.05, 0) is 26.7 Å². The second-order valence-corrected chi connectivity index (χ2v) is 5.75. The maximum atomic E-state index is 4.77. The summed E-state index contributed by atoms with van der Waals surface area (Å²) in [5.41, 5.74) is 2.27. The van der Waals surface area contributed by atoms with Crippen LogP contribution in [0.1, 0.15) is 50.3 Å². The maximum absolute atomic E-state index is 4.77. The highest BCUT2D eigenvalue weighted by atomic mass is 15.3. The zero-order chi connectivity index (χ0) is 13.9. The SMILES string of the molecule is CCNc1nc(C)c2c(n1)N(C1CCCCC1)CC=C2. The molecule has 1 N–H and O–H groups in total. The third kappa shape index (κ3) is 2.51. The summed E-state index contributed by atoms with van der Waals surface area (Å²) < 4.78 is 0. The van der Waals surface area contributed by atoms with E-state index in [4.69, 9.17) is 4.98 Å². The molecule has 0 bridgehead atoms. The largest absolute Gasteiger partial charge is 0.354 e. The Morgan fingerprint density at radius 1 is 1.25 bits per heavy atom. The van der Waals surface area contributed by atoms with Gasteiger partial charge in [0.2, 0.25) is 5.95 Å². The van der Waals surface area contributed by atoms with E-state index in [1.807, 2.05) is 0 Å². The smallest absolute Gasteiger partial charge is 0.224 e. The molecule has 1 aliphatic carbocycles. The fraction of sp³-hybridized carbons (Fsp3) is 0.625. The van der Waals surface area contributed by atoms with Gasteiger partial charge in [-0.1, -0.05) is 31.4 Å². The van der Waals surface area contributed by atoms with Crippen molar-refractivity contribution in [1.82, 2.24) is 9.97 Å². The Labute approximate surface area is 121 Å².